The van der Waals surface area contributed by atoms with Crippen molar-refractivity contribution >= 4 is 23.6 Å². The van der Waals surface area contributed by atoms with Gasteiger partial charge in [0.05, 0.1) is 16.2 Å². The Balaban J connectivity index is 2.13. The van der Waals surface area contributed by atoms with Gasteiger partial charge >= 0.3 is 0 Å². The molecule has 24 heavy (non-hydrogen) atoms. The summed E-state index contributed by atoms with van der Waals surface area (Å²) in [7, 11) is 0. The third-order valence-corrected chi connectivity index (χ3v) is 3.75. The Morgan fingerprint density at radius 2 is 1.92 bits per heavy atom. The molecule has 0 unspecified atom stereocenters. The number of carbonyl (C=O) groups is 1. The molecule has 0 atom stereocenters. The molecular weight excluding hydrogens is 337 g/mol. The normalized spacial score (nSPS) is 10.6. The molecule has 120 valence electrons. The quantitative estimate of drug-likeness (QED) is 0.406. The van der Waals surface area contributed by atoms with Gasteiger partial charge in [0.25, 0.3) is 5.69 Å². The van der Waals surface area contributed by atoms with Crippen LogP contribution in [-0.2, 0) is 0 Å². The maximum Gasteiger partial charge on any atom is 0.269 e. The molecule has 1 heterocycles. The molecule has 0 aliphatic heterocycles. The van der Waals surface area contributed by atoms with Gasteiger partial charge in [-0.2, -0.15) is 5.10 Å². The smallest absolute Gasteiger partial charge is 0.269 e. The molecule has 0 saturated carbocycles. The van der Waals surface area contributed by atoms with Crippen molar-refractivity contribution in [2.45, 2.75) is 0 Å². The average molecular weight is 346 g/mol. The maximum absolute atomic E-state index is 13.4. The number of non-ortho nitro benzene ring substituents is 1. The van der Waals surface area contributed by atoms with Gasteiger partial charge in [0.2, 0.25) is 0 Å². The lowest BCUT2D eigenvalue weighted by Gasteiger charge is -2.02. The summed E-state index contributed by atoms with van der Waals surface area (Å²) in [6, 6.07) is 11.1. The minimum Gasteiger partial charge on any atom is -0.298 e. The topological polar surface area (TPSA) is 78.0 Å². The molecule has 3 aromatic rings. The van der Waals surface area contributed by atoms with E-state index in [-0.39, 0.29) is 22.1 Å². The molecule has 0 N–H and O–H groups in total. The second kappa shape index (κ2) is 6.21. The van der Waals surface area contributed by atoms with E-state index in [2.05, 4.69) is 5.10 Å². The highest BCUT2D eigenvalue weighted by Gasteiger charge is 2.19. The number of hydrogen-bond donors (Lipinski definition) is 0. The number of nitrogens with zero attached hydrogens (tertiary/aromatic N) is 3. The highest BCUT2D eigenvalue weighted by Crippen LogP contribution is 2.30. The van der Waals surface area contributed by atoms with Crippen molar-refractivity contribution in [1.82, 2.24) is 9.78 Å². The average Bonchev–Trinajstić information content (AvgIpc) is 2.91. The number of nitro benzene ring substituents is 1. The number of rotatable bonds is 4. The second-order valence-corrected chi connectivity index (χ2v) is 5.22. The molecule has 2 aromatic carbocycles. The van der Waals surface area contributed by atoms with Crippen LogP contribution in [0.25, 0.3) is 16.9 Å². The van der Waals surface area contributed by atoms with E-state index in [1.807, 2.05) is 0 Å². The van der Waals surface area contributed by atoms with Gasteiger partial charge in [-0.05, 0) is 30.3 Å². The van der Waals surface area contributed by atoms with Crippen LogP contribution in [0, 0.1) is 15.9 Å². The SMILES string of the molecule is O=Cc1c(-c2ccc([N+](=O)[O-])cc2)nn(-c2cccc(F)c2)c1Cl. The van der Waals surface area contributed by atoms with Crippen LogP contribution in [0.15, 0.2) is 48.5 Å². The van der Waals surface area contributed by atoms with E-state index in [4.69, 9.17) is 11.6 Å². The van der Waals surface area contributed by atoms with Crippen LogP contribution in [0.1, 0.15) is 10.4 Å². The van der Waals surface area contributed by atoms with Crippen molar-refractivity contribution in [3.05, 3.63) is 75.2 Å². The van der Waals surface area contributed by atoms with E-state index >= 15 is 0 Å². The Morgan fingerprint density at radius 1 is 1.21 bits per heavy atom. The predicted octanol–water partition coefficient (Wildman–Crippen LogP) is 4.05. The molecule has 3 rings (SSSR count). The van der Waals surface area contributed by atoms with Crippen LogP contribution in [0.4, 0.5) is 10.1 Å². The summed E-state index contributed by atoms with van der Waals surface area (Å²) in [5.41, 5.74) is 1.14. The Kier molecular flexibility index (Phi) is 4.09. The highest BCUT2D eigenvalue weighted by molar-refractivity contribution is 6.32. The van der Waals surface area contributed by atoms with Gasteiger partial charge in [-0.1, -0.05) is 17.7 Å². The van der Waals surface area contributed by atoms with Crippen LogP contribution < -0.4 is 0 Å². The third-order valence-electron chi connectivity index (χ3n) is 3.39. The van der Waals surface area contributed by atoms with Crippen molar-refractivity contribution in [1.29, 1.82) is 0 Å². The maximum atomic E-state index is 13.4. The van der Waals surface area contributed by atoms with Crippen molar-refractivity contribution in [3.8, 4) is 16.9 Å². The number of halogens is 2. The Bertz CT molecular complexity index is 938. The number of nitro groups is 1. The summed E-state index contributed by atoms with van der Waals surface area (Å²) < 4.78 is 14.6. The van der Waals surface area contributed by atoms with Crippen molar-refractivity contribution in [2.75, 3.05) is 0 Å². The number of aromatic nitrogens is 2. The van der Waals surface area contributed by atoms with E-state index in [9.17, 15) is 19.3 Å². The van der Waals surface area contributed by atoms with Gasteiger partial charge < -0.3 is 0 Å². The molecule has 0 bridgehead atoms. The monoisotopic (exact) mass is 345 g/mol. The van der Waals surface area contributed by atoms with E-state index in [0.29, 0.717) is 17.5 Å². The fourth-order valence-electron chi connectivity index (χ4n) is 2.25. The Hall–Kier alpha value is -3.06. The van der Waals surface area contributed by atoms with Crippen molar-refractivity contribution in [3.63, 3.8) is 0 Å². The summed E-state index contributed by atoms with van der Waals surface area (Å²) in [5, 5.41) is 15.0. The van der Waals surface area contributed by atoms with E-state index in [1.54, 1.807) is 6.07 Å². The van der Waals surface area contributed by atoms with Gasteiger partial charge in [0.1, 0.15) is 16.7 Å². The fourth-order valence-corrected chi connectivity index (χ4v) is 2.52. The zero-order valence-electron chi connectivity index (χ0n) is 12.0. The Labute approximate surface area is 140 Å². The molecule has 6 nitrogen and oxygen atoms in total. The Morgan fingerprint density at radius 3 is 2.50 bits per heavy atom. The minimum absolute atomic E-state index is 0.0314. The highest BCUT2D eigenvalue weighted by atomic mass is 35.5. The number of hydrogen-bond acceptors (Lipinski definition) is 4. The van der Waals surface area contributed by atoms with E-state index < -0.39 is 10.7 Å². The summed E-state index contributed by atoms with van der Waals surface area (Å²) >= 11 is 6.19. The lowest BCUT2D eigenvalue weighted by molar-refractivity contribution is -0.384. The molecule has 0 radical (unpaired) electrons. The first-order chi connectivity index (χ1) is 11.5. The van der Waals surface area contributed by atoms with Crippen molar-refractivity contribution < 1.29 is 14.1 Å². The minimum atomic E-state index is -0.525. The molecule has 0 saturated heterocycles. The first-order valence-electron chi connectivity index (χ1n) is 6.75. The number of aldehydes is 1. The molecular formula is C16H9ClFN3O3. The van der Waals surface area contributed by atoms with Gasteiger partial charge in [-0.15, -0.1) is 0 Å². The zero-order valence-corrected chi connectivity index (χ0v) is 12.8. The lowest BCUT2D eigenvalue weighted by Crippen LogP contribution is -1.97. The summed E-state index contributed by atoms with van der Waals surface area (Å²) in [4.78, 5) is 21.6. The standard InChI is InChI=1S/C16H9ClFN3O3/c17-16-14(9-22)15(10-4-6-12(7-5-10)21(23)24)19-20(16)13-3-1-2-11(18)8-13/h1-9H. The van der Waals surface area contributed by atoms with Crippen LogP contribution in [-0.4, -0.2) is 21.0 Å². The molecule has 0 aliphatic rings. The first kappa shape index (κ1) is 15.8. The fraction of sp³-hybridized carbons (Fsp3) is 0. The summed E-state index contributed by atoms with van der Waals surface area (Å²) in [5.74, 6) is -0.469. The molecule has 0 amide bonds. The van der Waals surface area contributed by atoms with Crippen LogP contribution in [0.5, 0.6) is 0 Å². The number of carbonyl (C=O) groups excluding carboxylic acids is 1. The van der Waals surface area contributed by atoms with Gasteiger partial charge in [0, 0.05) is 17.7 Å². The van der Waals surface area contributed by atoms with Crippen LogP contribution in [0.3, 0.4) is 0 Å². The first-order valence-corrected chi connectivity index (χ1v) is 7.13. The molecule has 8 heteroatoms. The molecule has 1 aromatic heterocycles. The van der Waals surface area contributed by atoms with Gasteiger partial charge in [-0.3, -0.25) is 14.9 Å². The van der Waals surface area contributed by atoms with Crippen LogP contribution >= 0.6 is 11.6 Å². The molecule has 0 fully saturated rings. The zero-order chi connectivity index (χ0) is 17.3. The second-order valence-electron chi connectivity index (χ2n) is 4.87. The lowest BCUT2D eigenvalue weighted by atomic mass is 10.1. The molecule has 0 spiro atoms. The largest absolute Gasteiger partial charge is 0.298 e. The molecule has 0 aliphatic carbocycles. The summed E-state index contributed by atoms with van der Waals surface area (Å²) in [6.45, 7) is 0. The number of benzene rings is 2. The predicted molar refractivity (Wildman–Crippen MR) is 86.0 cm³/mol. The third kappa shape index (κ3) is 2.77. The van der Waals surface area contributed by atoms with E-state index in [0.717, 1.165) is 0 Å². The van der Waals surface area contributed by atoms with Gasteiger partial charge in [-0.25, -0.2) is 9.07 Å². The summed E-state index contributed by atoms with van der Waals surface area (Å²) in [6.07, 6.45) is 0.544. The van der Waals surface area contributed by atoms with Crippen molar-refractivity contribution in [2.24, 2.45) is 0 Å². The van der Waals surface area contributed by atoms with Crippen LogP contribution in [0.2, 0.25) is 5.15 Å². The van der Waals surface area contributed by atoms with E-state index in [1.165, 1.54) is 47.1 Å². The van der Waals surface area contributed by atoms with Gasteiger partial charge in [0.15, 0.2) is 6.29 Å².